The first-order valence-corrected chi connectivity index (χ1v) is 13.3. The zero-order chi connectivity index (χ0) is 24.1. The number of hydrogen-bond acceptors (Lipinski definition) is 5. The Bertz CT molecular complexity index is 1110. The van der Waals surface area contributed by atoms with Crippen LogP contribution in [0.3, 0.4) is 0 Å². The van der Waals surface area contributed by atoms with Crippen molar-refractivity contribution in [1.82, 2.24) is 10.2 Å². The van der Waals surface area contributed by atoms with Crippen molar-refractivity contribution in [2.45, 2.75) is 37.5 Å². The fourth-order valence-corrected chi connectivity index (χ4v) is 5.10. The third-order valence-electron chi connectivity index (χ3n) is 6.17. The first-order chi connectivity index (χ1) is 16.4. The molecule has 2 aliphatic rings. The third kappa shape index (κ3) is 6.08. The number of hydrogen-bond donors (Lipinski definition) is 2. The van der Waals surface area contributed by atoms with Crippen LogP contribution < -0.4 is 14.8 Å². The molecular formula is C25H31N3O5S. The van der Waals surface area contributed by atoms with Gasteiger partial charge in [0, 0.05) is 30.9 Å². The molecule has 4 rings (SSSR count). The van der Waals surface area contributed by atoms with E-state index >= 15 is 0 Å². The minimum atomic E-state index is -3.80. The molecule has 2 fully saturated rings. The van der Waals surface area contributed by atoms with E-state index in [1.54, 1.807) is 29.2 Å². The number of amides is 2. The number of likely N-dealkylation sites (tertiary alicyclic amines) is 1. The van der Waals surface area contributed by atoms with Gasteiger partial charge in [0.2, 0.25) is 5.91 Å². The summed E-state index contributed by atoms with van der Waals surface area (Å²) in [6, 6.07) is 12.5. The molecule has 1 aliphatic heterocycles. The second-order valence-electron chi connectivity index (χ2n) is 8.87. The molecule has 1 saturated carbocycles. The Labute approximate surface area is 200 Å². The van der Waals surface area contributed by atoms with Gasteiger partial charge in [-0.2, -0.15) is 0 Å². The Hall–Kier alpha value is -3.07. The first kappa shape index (κ1) is 24.1. The molecule has 0 radical (unpaired) electrons. The van der Waals surface area contributed by atoms with Gasteiger partial charge in [0.05, 0.1) is 17.4 Å². The van der Waals surface area contributed by atoms with Crippen LogP contribution in [-0.4, -0.2) is 51.4 Å². The number of carbonyl (C=O) groups excluding carboxylic acids is 2. The van der Waals surface area contributed by atoms with Gasteiger partial charge in [0.1, 0.15) is 5.75 Å². The van der Waals surface area contributed by atoms with Gasteiger partial charge in [-0.15, -0.1) is 0 Å². The lowest BCUT2D eigenvalue weighted by Crippen LogP contribution is -2.45. The van der Waals surface area contributed by atoms with E-state index in [4.69, 9.17) is 4.74 Å². The molecule has 2 aromatic rings. The Balaban J connectivity index is 1.36. The van der Waals surface area contributed by atoms with Crippen molar-refractivity contribution in [2.24, 2.45) is 11.8 Å². The predicted molar refractivity (Wildman–Crippen MR) is 129 cm³/mol. The van der Waals surface area contributed by atoms with Crippen molar-refractivity contribution in [2.75, 3.05) is 31.0 Å². The summed E-state index contributed by atoms with van der Waals surface area (Å²) in [6.45, 7) is 4.10. The summed E-state index contributed by atoms with van der Waals surface area (Å²) in [5.41, 5.74) is 0.821. The van der Waals surface area contributed by atoms with Gasteiger partial charge in [-0.3, -0.25) is 14.3 Å². The number of ether oxygens (including phenoxy) is 1. The molecule has 0 unspecified atom stereocenters. The third-order valence-corrected chi connectivity index (χ3v) is 7.57. The van der Waals surface area contributed by atoms with Gasteiger partial charge in [-0.25, -0.2) is 8.42 Å². The van der Waals surface area contributed by atoms with Crippen molar-refractivity contribution in [3.05, 3.63) is 54.1 Å². The molecule has 182 valence electrons. The molecule has 0 bridgehead atoms. The second kappa shape index (κ2) is 10.5. The van der Waals surface area contributed by atoms with E-state index in [0.717, 1.165) is 19.4 Å². The number of anilines is 1. The first-order valence-electron chi connectivity index (χ1n) is 11.8. The Morgan fingerprint density at radius 1 is 1.03 bits per heavy atom. The average Bonchev–Trinajstić information content (AvgIpc) is 3.68. The molecule has 0 aromatic heterocycles. The molecular weight excluding hydrogens is 454 g/mol. The Morgan fingerprint density at radius 3 is 2.38 bits per heavy atom. The van der Waals surface area contributed by atoms with Crippen molar-refractivity contribution in [3.8, 4) is 5.75 Å². The predicted octanol–water partition coefficient (Wildman–Crippen LogP) is 3.26. The molecule has 8 nitrogen and oxygen atoms in total. The van der Waals surface area contributed by atoms with E-state index in [2.05, 4.69) is 10.0 Å². The van der Waals surface area contributed by atoms with E-state index < -0.39 is 10.0 Å². The van der Waals surface area contributed by atoms with Crippen molar-refractivity contribution < 1.29 is 22.7 Å². The normalized spacial score (nSPS) is 18.3. The van der Waals surface area contributed by atoms with Crippen LogP contribution in [-0.2, 0) is 14.8 Å². The summed E-state index contributed by atoms with van der Waals surface area (Å²) < 4.78 is 33.4. The highest BCUT2D eigenvalue weighted by molar-refractivity contribution is 7.92. The number of nitrogens with one attached hydrogen (secondary N) is 2. The summed E-state index contributed by atoms with van der Waals surface area (Å²) in [7, 11) is -3.80. The molecule has 1 atom stereocenters. The van der Waals surface area contributed by atoms with E-state index in [-0.39, 0.29) is 22.6 Å². The summed E-state index contributed by atoms with van der Waals surface area (Å²) >= 11 is 0. The smallest absolute Gasteiger partial charge is 0.261 e. The van der Waals surface area contributed by atoms with Gasteiger partial charge in [-0.1, -0.05) is 0 Å². The fraction of sp³-hybridized carbons (Fsp3) is 0.440. The van der Waals surface area contributed by atoms with E-state index in [0.29, 0.717) is 42.6 Å². The maximum absolute atomic E-state index is 13.0. The standard InChI is InChI=1S/C25H31N3O5S/c1-2-33-22-11-9-21(10-12-22)27-34(31,32)23-13-7-19(8-14-23)25(30)28-15-3-4-20(17-28)24(29)26-16-18-5-6-18/h7-14,18,20,27H,2-6,15-17H2,1H3,(H,26,29)/t20-/m0/s1. The topological polar surface area (TPSA) is 105 Å². The van der Waals surface area contributed by atoms with Crippen molar-refractivity contribution in [1.29, 1.82) is 0 Å². The highest BCUT2D eigenvalue weighted by Gasteiger charge is 2.30. The molecule has 1 saturated heterocycles. The van der Waals surface area contributed by atoms with Crippen LogP contribution >= 0.6 is 0 Å². The number of rotatable bonds is 9. The fourth-order valence-electron chi connectivity index (χ4n) is 4.05. The number of sulfonamides is 1. The molecule has 2 N–H and O–H groups in total. The van der Waals surface area contributed by atoms with Gasteiger partial charge >= 0.3 is 0 Å². The minimum absolute atomic E-state index is 0.0196. The van der Waals surface area contributed by atoms with Crippen LogP contribution in [0, 0.1) is 11.8 Å². The number of benzene rings is 2. The number of piperidine rings is 1. The SMILES string of the molecule is CCOc1ccc(NS(=O)(=O)c2ccc(C(=O)N3CCC[C@H](C(=O)NCC4CC4)C3)cc2)cc1. The van der Waals surface area contributed by atoms with E-state index in [1.165, 1.54) is 37.1 Å². The highest BCUT2D eigenvalue weighted by atomic mass is 32.2. The second-order valence-corrected chi connectivity index (χ2v) is 10.5. The summed E-state index contributed by atoms with van der Waals surface area (Å²) in [5, 5.41) is 3.01. The van der Waals surface area contributed by atoms with Gasteiger partial charge < -0.3 is 15.0 Å². The van der Waals surface area contributed by atoms with Gasteiger partial charge in [-0.05, 0) is 87.1 Å². The lowest BCUT2D eigenvalue weighted by Gasteiger charge is -2.32. The summed E-state index contributed by atoms with van der Waals surface area (Å²) in [4.78, 5) is 27.2. The lowest BCUT2D eigenvalue weighted by molar-refractivity contribution is -0.126. The van der Waals surface area contributed by atoms with Crippen LogP contribution in [0.1, 0.15) is 43.0 Å². The molecule has 1 heterocycles. The van der Waals surface area contributed by atoms with Crippen LogP contribution in [0.2, 0.25) is 0 Å². The molecule has 2 amide bonds. The molecule has 9 heteroatoms. The van der Waals surface area contributed by atoms with Crippen molar-refractivity contribution in [3.63, 3.8) is 0 Å². The summed E-state index contributed by atoms with van der Waals surface area (Å²) in [5.74, 6) is 0.904. The van der Waals surface area contributed by atoms with Crippen LogP contribution in [0.5, 0.6) is 5.75 Å². The Morgan fingerprint density at radius 2 is 1.74 bits per heavy atom. The van der Waals surface area contributed by atoms with Crippen LogP contribution in [0.4, 0.5) is 5.69 Å². The number of nitrogens with zero attached hydrogens (tertiary/aromatic N) is 1. The van der Waals surface area contributed by atoms with E-state index in [9.17, 15) is 18.0 Å². The van der Waals surface area contributed by atoms with Crippen LogP contribution in [0.15, 0.2) is 53.4 Å². The molecule has 34 heavy (non-hydrogen) atoms. The maximum Gasteiger partial charge on any atom is 0.261 e. The Kier molecular flexibility index (Phi) is 7.41. The van der Waals surface area contributed by atoms with Gasteiger partial charge in [0.15, 0.2) is 0 Å². The quantitative estimate of drug-likeness (QED) is 0.567. The monoisotopic (exact) mass is 485 g/mol. The van der Waals surface area contributed by atoms with E-state index in [1.807, 2.05) is 6.92 Å². The lowest BCUT2D eigenvalue weighted by atomic mass is 9.96. The van der Waals surface area contributed by atoms with Crippen molar-refractivity contribution >= 4 is 27.5 Å². The maximum atomic E-state index is 13.0. The highest BCUT2D eigenvalue weighted by Crippen LogP contribution is 2.28. The molecule has 2 aromatic carbocycles. The zero-order valence-electron chi connectivity index (χ0n) is 19.3. The zero-order valence-corrected chi connectivity index (χ0v) is 20.1. The average molecular weight is 486 g/mol. The number of carbonyl (C=O) groups is 2. The van der Waals surface area contributed by atoms with Crippen LogP contribution in [0.25, 0.3) is 0 Å². The summed E-state index contributed by atoms with van der Waals surface area (Å²) in [6.07, 6.45) is 3.90. The largest absolute Gasteiger partial charge is 0.494 e. The molecule has 1 aliphatic carbocycles. The minimum Gasteiger partial charge on any atom is -0.494 e. The van der Waals surface area contributed by atoms with Gasteiger partial charge in [0.25, 0.3) is 15.9 Å². The molecule has 0 spiro atoms.